The van der Waals surface area contributed by atoms with E-state index in [0.717, 1.165) is 25.8 Å². The van der Waals surface area contributed by atoms with Gasteiger partial charge in [-0.15, -0.1) is 0 Å². The van der Waals surface area contributed by atoms with Gasteiger partial charge >= 0.3 is 0 Å². The molecule has 0 aromatic heterocycles. The maximum absolute atomic E-state index is 9.96. The van der Waals surface area contributed by atoms with Crippen molar-refractivity contribution in [3.63, 3.8) is 0 Å². The van der Waals surface area contributed by atoms with Crippen LogP contribution in [0.1, 0.15) is 43.2 Å². The van der Waals surface area contributed by atoms with Crippen LogP contribution in [0, 0.1) is 0 Å². The molecule has 108 valence electrons. The summed E-state index contributed by atoms with van der Waals surface area (Å²) < 4.78 is 0. The molecular formula is C17H24N2O. The Morgan fingerprint density at radius 1 is 1.25 bits per heavy atom. The van der Waals surface area contributed by atoms with Crippen LogP contribution in [-0.4, -0.2) is 35.2 Å². The Morgan fingerprint density at radius 2 is 2.05 bits per heavy atom. The molecule has 2 aliphatic carbocycles. The van der Waals surface area contributed by atoms with Crippen LogP contribution in [0.15, 0.2) is 18.2 Å². The third-order valence-electron chi connectivity index (χ3n) is 6.38. The van der Waals surface area contributed by atoms with Crippen LogP contribution in [0.2, 0.25) is 0 Å². The lowest BCUT2D eigenvalue weighted by atomic mass is 9.48. The van der Waals surface area contributed by atoms with Gasteiger partial charge in [0.2, 0.25) is 0 Å². The lowest BCUT2D eigenvalue weighted by Crippen LogP contribution is -2.75. The van der Waals surface area contributed by atoms with Crippen LogP contribution in [0.5, 0.6) is 5.75 Å². The van der Waals surface area contributed by atoms with Crippen LogP contribution in [0.4, 0.5) is 0 Å². The Labute approximate surface area is 120 Å². The largest absolute Gasteiger partial charge is 0.508 e. The van der Waals surface area contributed by atoms with Crippen molar-refractivity contribution in [3.05, 3.63) is 29.3 Å². The van der Waals surface area contributed by atoms with E-state index in [-0.39, 0.29) is 11.0 Å². The smallest absolute Gasteiger partial charge is 0.115 e. The molecule has 1 unspecified atom stereocenters. The standard InChI is InChI=1S/C17H24N2O/c1-19-9-8-16-6-2-3-7-17(16,18)15(19)10-12-4-5-13(20)11-14(12)16/h4-5,11,15,20H,2-3,6-10,18H2,1H3/t15-,16?,17-/m1/s1. The van der Waals surface area contributed by atoms with E-state index in [1.807, 2.05) is 12.1 Å². The highest BCUT2D eigenvalue weighted by Crippen LogP contribution is 2.56. The maximum Gasteiger partial charge on any atom is 0.115 e. The van der Waals surface area contributed by atoms with E-state index in [0.29, 0.717) is 11.8 Å². The van der Waals surface area contributed by atoms with E-state index < -0.39 is 0 Å². The summed E-state index contributed by atoms with van der Waals surface area (Å²) in [6, 6.07) is 6.40. The molecule has 0 amide bonds. The number of benzene rings is 1. The van der Waals surface area contributed by atoms with Gasteiger partial charge < -0.3 is 15.7 Å². The molecule has 1 heterocycles. The van der Waals surface area contributed by atoms with Gasteiger partial charge in [0.15, 0.2) is 0 Å². The van der Waals surface area contributed by atoms with E-state index in [2.05, 4.69) is 18.0 Å². The number of hydrogen-bond acceptors (Lipinski definition) is 3. The summed E-state index contributed by atoms with van der Waals surface area (Å²) in [7, 11) is 2.23. The maximum atomic E-state index is 9.96. The molecule has 1 saturated carbocycles. The van der Waals surface area contributed by atoms with Crippen molar-refractivity contribution in [1.82, 2.24) is 4.90 Å². The fourth-order valence-electron chi connectivity index (χ4n) is 5.33. The minimum Gasteiger partial charge on any atom is -0.508 e. The first-order chi connectivity index (χ1) is 9.57. The molecule has 1 saturated heterocycles. The Hall–Kier alpha value is -1.06. The van der Waals surface area contributed by atoms with Crippen LogP contribution in [0.25, 0.3) is 0 Å². The minimum atomic E-state index is -0.112. The average Bonchev–Trinajstić information content (AvgIpc) is 2.43. The zero-order valence-corrected chi connectivity index (χ0v) is 12.2. The highest BCUT2D eigenvalue weighted by atomic mass is 16.3. The lowest BCUT2D eigenvalue weighted by molar-refractivity contribution is -0.0219. The normalized spacial score (nSPS) is 40.0. The van der Waals surface area contributed by atoms with Crippen molar-refractivity contribution >= 4 is 0 Å². The second-order valence-electron chi connectivity index (χ2n) is 7.12. The van der Waals surface area contributed by atoms with Crippen LogP contribution < -0.4 is 5.73 Å². The number of phenols is 1. The molecule has 2 bridgehead atoms. The van der Waals surface area contributed by atoms with Crippen LogP contribution in [-0.2, 0) is 11.8 Å². The number of piperidine rings is 1. The summed E-state index contributed by atoms with van der Waals surface area (Å²) in [6.07, 6.45) is 6.99. The highest BCUT2D eigenvalue weighted by Gasteiger charge is 2.61. The SMILES string of the molecule is CN1CCC23CCCC[C@@]2(N)[C@H]1Cc1ccc(O)cc13. The van der Waals surface area contributed by atoms with Gasteiger partial charge in [0.1, 0.15) is 5.75 Å². The zero-order valence-electron chi connectivity index (χ0n) is 12.2. The number of rotatable bonds is 0. The number of aromatic hydroxyl groups is 1. The van der Waals surface area contributed by atoms with E-state index in [1.54, 1.807) is 0 Å². The molecule has 20 heavy (non-hydrogen) atoms. The van der Waals surface area contributed by atoms with E-state index in [1.165, 1.54) is 30.4 Å². The van der Waals surface area contributed by atoms with Gasteiger partial charge in [-0.3, -0.25) is 0 Å². The van der Waals surface area contributed by atoms with Gasteiger partial charge in [0.25, 0.3) is 0 Å². The minimum absolute atomic E-state index is 0.0920. The van der Waals surface area contributed by atoms with E-state index >= 15 is 0 Å². The molecule has 3 N–H and O–H groups in total. The van der Waals surface area contributed by atoms with Crippen molar-refractivity contribution < 1.29 is 5.11 Å². The summed E-state index contributed by atoms with van der Waals surface area (Å²) >= 11 is 0. The summed E-state index contributed by atoms with van der Waals surface area (Å²) in [5.41, 5.74) is 9.77. The van der Waals surface area contributed by atoms with Crippen molar-refractivity contribution in [2.45, 2.75) is 55.5 Å². The van der Waals surface area contributed by atoms with Gasteiger partial charge in [-0.1, -0.05) is 18.9 Å². The quantitative estimate of drug-likeness (QED) is 0.761. The molecule has 1 aromatic rings. The first kappa shape index (κ1) is 12.7. The average molecular weight is 272 g/mol. The zero-order chi connectivity index (χ0) is 14.0. The fourth-order valence-corrected chi connectivity index (χ4v) is 5.33. The Bertz CT molecular complexity index is 558. The van der Waals surface area contributed by atoms with E-state index in [4.69, 9.17) is 5.73 Å². The molecule has 0 spiro atoms. The summed E-state index contributed by atoms with van der Waals surface area (Å²) in [5.74, 6) is 0.392. The first-order valence-corrected chi connectivity index (χ1v) is 7.88. The van der Waals surface area contributed by atoms with Gasteiger partial charge in [-0.25, -0.2) is 0 Å². The monoisotopic (exact) mass is 272 g/mol. The van der Waals surface area contributed by atoms with Gasteiger partial charge in [-0.2, -0.15) is 0 Å². The number of fused-ring (bicyclic) bond motifs is 1. The predicted octanol–water partition coefficient (Wildman–Crippen LogP) is 2.16. The predicted molar refractivity (Wildman–Crippen MR) is 79.9 cm³/mol. The summed E-state index contributed by atoms with van der Waals surface area (Å²) in [4.78, 5) is 2.47. The number of nitrogens with two attached hydrogens (primary N) is 1. The van der Waals surface area contributed by atoms with E-state index in [9.17, 15) is 5.11 Å². The van der Waals surface area contributed by atoms with Gasteiger partial charge in [0.05, 0.1) is 0 Å². The molecule has 4 rings (SSSR count). The third kappa shape index (κ3) is 1.38. The number of likely N-dealkylation sites (tertiary alicyclic amines) is 1. The van der Waals surface area contributed by atoms with Gasteiger partial charge in [0, 0.05) is 17.0 Å². The molecule has 3 nitrogen and oxygen atoms in total. The first-order valence-electron chi connectivity index (χ1n) is 7.88. The fraction of sp³-hybridized carbons (Fsp3) is 0.647. The second-order valence-corrected chi connectivity index (χ2v) is 7.12. The summed E-state index contributed by atoms with van der Waals surface area (Å²) in [5, 5.41) is 9.96. The van der Waals surface area contributed by atoms with Crippen molar-refractivity contribution in [3.8, 4) is 5.75 Å². The van der Waals surface area contributed by atoms with Crippen LogP contribution >= 0.6 is 0 Å². The highest BCUT2D eigenvalue weighted by molar-refractivity contribution is 5.48. The Balaban J connectivity index is 1.97. The molecule has 3 aliphatic rings. The molecule has 3 heteroatoms. The number of phenolic OH excluding ortho intramolecular Hbond substituents is 1. The van der Waals surface area contributed by atoms with Crippen molar-refractivity contribution in [2.75, 3.05) is 13.6 Å². The Morgan fingerprint density at radius 3 is 2.90 bits per heavy atom. The molecule has 2 fully saturated rings. The molecule has 3 atom stereocenters. The topological polar surface area (TPSA) is 49.5 Å². The lowest BCUT2D eigenvalue weighted by Gasteiger charge is -2.64. The van der Waals surface area contributed by atoms with Crippen LogP contribution in [0.3, 0.4) is 0 Å². The van der Waals surface area contributed by atoms with Gasteiger partial charge in [-0.05, 0) is 62.5 Å². The number of nitrogens with zero attached hydrogens (tertiary/aromatic N) is 1. The second kappa shape index (κ2) is 3.99. The number of likely N-dealkylation sites (N-methyl/N-ethyl adjacent to an activating group) is 1. The van der Waals surface area contributed by atoms with Crippen molar-refractivity contribution in [1.29, 1.82) is 0 Å². The molecular weight excluding hydrogens is 248 g/mol. The van der Waals surface area contributed by atoms with Crippen molar-refractivity contribution in [2.24, 2.45) is 5.73 Å². The molecule has 1 aromatic carbocycles. The Kier molecular flexibility index (Phi) is 2.52. The third-order valence-corrected chi connectivity index (χ3v) is 6.38. The number of hydrogen-bond donors (Lipinski definition) is 2. The molecule has 1 aliphatic heterocycles. The molecule has 0 radical (unpaired) electrons. The summed E-state index contributed by atoms with van der Waals surface area (Å²) in [6.45, 7) is 1.12.